The van der Waals surface area contributed by atoms with Crippen LogP contribution in [0.1, 0.15) is 5.56 Å². The van der Waals surface area contributed by atoms with E-state index in [1.54, 1.807) is 6.07 Å². The standard InChI is InChI=1S/C14H12F3NO/c15-10-2-3-11(16)14(8-10)19-13-4-1-9(5-6-18)7-12(13)17/h1-4,7-8H,5-6,18H2. The van der Waals surface area contributed by atoms with E-state index in [0.29, 0.717) is 18.5 Å². The van der Waals surface area contributed by atoms with Crippen molar-refractivity contribution in [1.82, 2.24) is 0 Å². The average molecular weight is 267 g/mol. The van der Waals surface area contributed by atoms with Gasteiger partial charge in [0.2, 0.25) is 0 Å². The van der Waals surface area contributed by atoms with E-state index in [0.717, 1.165) is 18.2 Å². The van der Waals surface area contributed by atoms with Crippen LogP contribution in [-0.2, 0) is 6.42 Å². The van der Waals surface area contributed by atoms with Gasteiger partial charge < -0.3 is 10.5 Å². The maximum atomic E-state index is 13.7. The largest absolute Gasteiger partial charge is 0.451 e. The van der Waals surface area contributed by atoms with Crippen LogP contribution in [0.25, 0.3) is 0 Å². The molecule has 0 heterocycles. The Labute approximate surface area is 108 Å². The molecule has 0 aliphatic rings. The molecule has 2 aromatic rings. The van der Waals surface area contributed by atoms with Gasteiger partial charge in [0.15, 0.2) is 23.1 Å². The molecule has 0 spiro atoms. The Hall–Kier alpha value is -2.01. The molecule has 0 bridgehead atoms. The molecular formula is C14H12F3NO. The molecule has 5 heteroatoms. The first-order valence-electron chi connectivity index (χ1n) is 5.71. The minimum atomic E-state index is -0.758. The topological polar surface area (TPSA) is 35.2 Å². The summed E-state index contributed by atoms with van der Waals surface area (Å²) in [6.45, 7) is 0.401. The van der Waals surface area contributed by atoms with Gasteiger partial charge in [0.1, 0.15) is 5.82 Å². The van der Waals surface area contributed by atoms with Gasteiger partial charge in [0.25, 0.3) is 0 Å². The molecule has 0 saturated carbocycles. The number of rotatable bonds is 4. The molecule has 2 aromatic carbocycles. The average Bonchev–Trinajstić information content (AvgIpc) is 2.37. The fraction of sp³-hybridized carbons (Fsp3) is 0.143. The molecule has 0 fully saturated rings. The quantitative estimate of drug-likeness (QED) is 0.921. The molecule has 0 atom stereocenters. The summed E-state index contributed by atoms with van der Waals surface area (Å²) in [6, 6.07) is 7.00. The Bertz CT molecular complexity index is 587. The molecular weight excluding hydrogens is 255 g/mol. The molecule has 2 N–H and O–H groups in total. The number of hydrogen-bond acceptors (Lipinski definition) is 2. The molecule has 0 aliphatic heterocycles. The molecule has 19 heavy (non-hydrogen) atoms. The van der Waals surface area contributed by atoms with Crippen molar-refractivity contribution in [2.24, 2.45) is 5.73 Å². The van der Waals surface area contributed by atoms with Crippen LogP contribution in [0.5, 0.6) is 11.5 Å². The molecule has 100 valence electrons. The first kappa shape index (κ1) is 13.4. The van der Waals surface area contributed by atoms with Gasteiger partial charge in [-0.25, -0.2) is 13.2 Å². The third kappa shape index (κ3) is 3.26. The summed E-state index contributed by atoms with van der Waals surface area (Å²) >= 11 is 0. The third-order valence-electron chi connectivity index (χ3n) is 2.54. The van der Waals surface area contributed by atoms with E-state index < -0.39 is 17.5 Å². The maximum absolute atomic E-state index is 13.7. The van der Waals surface area contributed by atoms with Crippen molar-refractivity contribution in [1.29, 1.82) is 0 Å². The fourth-order valence-electron chi connectivity index (χ4n) is 1.62. The van der Waals surface area contributed by atoms with Gasteiger partial charge in [-0.15, -0.1) is 0 Å². The molecule has 2 rings (SSSR count). The summed E-state index contributed by atoms with van der Waals surface area (Å²) in [6.07, 6.45) is 0.533. The van der Waals surface area contributed by atoms with E-state index in [1.165, 1.54) is 12.1 Å². The van der Waals surface area contributed by atoms with Crippen molar-refractivity contribution < 1.29 is 17.9 Å². The molecule has 0 amide bonds. The van der Waals surface area contributed by atoms with Gasteiger partial charge in [-0.05, 0) is 42.8 Å². The summed E-state index contributed by atoms with van der Waals surface area (Å²) in [5, 5.41) is 0. The van der Waals surface area contributed by atoms with E-state index in [4.69, 9.17) is 10.5 Å². The smallest absolute Gasteiger partial charge is 0.166 e. The van der Waals surface area contributed by atoms with Crippen LogP contribution < -0.4 is 10.5 Å². The van der Waals surface area contributed by atoms with E-state index in [1.807, 2.05) is 0 Å². The van der Waals surface area contributed by atoms with Crippen LogP contribution >= 0.6 is 0 Å². The van der Waals surface area contributed by atoms with E-state index in [2.05, 4.69) is 0 Å². The second-order valence-electron chi connectivity index (χ2n) is 3.98. The lowest BCUT2D eigenvalue weighted by Crippen LogP contribution is -2.03. The Balaban J connectivity index is 2.25. The Kier molecular flexibility index (Phi) is 4.06. The second kappa shape index (κ2) is 5.75. The SMILES string of the molecule is NCCc1ccc(Oc2cc(F)ccc2F)c(F)c1. The van der Waals surface area contributed by atoms with Crippen molar-refractivity contribution in [3.05, 3.63) is 59.4 Å². The monoisotopic (exact) mass is 267 g/mol. The fourth-order valence-corrected chi connectivity index (χ4v) is 1.62. The van der Waals surface area contributed by atoms with Crippen molar-refractivity contribution >= 4 is 0 Å². The molecule has 0 aliphatic carbocycles. The Morgan fingerprint density at radius 1 is 0.895 bits per heavy atom. The molecule has 0 unspecified atom stereocenters. The third-order valence-corrected chi connectivity index (χ3v) is 2.54. The van der Waals surface area contributed by atoms with Gasteiger partial charge in [-0.2, -0.15) is 0 Å². The minimum Gasteiger partial charge on any atom is -0.451 e. The predicted molar refractivity (Wildman–Crippen MR) is 65.6 cm³/mol. The zero-order valence-electron chi connectivity index (χ0n) is 10.00. The normalized spacial score (nSPS) is 10.5. The first-order chi connectivity index (χ1) is 9.10. The maximum Gasteiger partial charge on any atom is 0.166 e. The number of benzene rings is 2. The highest BCUT2D eigenvalue weighted by molar-refractivity contribution is 5.35. The first-order valence-corrected chi connectivity index (χ1v) is 5.71. The molecule has 2 nitrogen and oxygen atoms in total. The van der Waals surface area contributed by atoms with Crippen molar-refractivity contribution in [2.45, 2.75) is 6.42 Å². The van der Waals surface area contributed by atoms with Gasteiger partial charge in [0, 0.05) is 6.07 Å². The molecule has 0 saturated heterocycles. The van der Waals surface area contributed by atoms with E-state index in [9.17, 15) is 13.2 Å². The summed E-state index contributed by atoms with van der Waals surface area (Å²) < 4.78 is 45.1. The van der Waals surface area contributed by atoms with E-state index >= 15 is 0 Å². The van der Waals surface area contributed by atoms with Crippen molar-refractivity contribution in [3.8, 4) is 11.5 Å². The molecule has 0 aromatic heterocycles. The predicted octanol–water partition coefficient (Wildman–Crippen LogP) is 3.40. The van der Waals surface area contributed by atoms with Crippen LogP contribution in [0.15, 0.2) is 36.4 Å². The summed E-state index contributed by atoms with van der Waals surface area (Å²) in [5.74, 6) is -2.58. The lowest BCUT2D eigenvalue weighted by molar-refractivity contribution is 0.410. The summed E-state index contributed by atoms with van der Waals surface area (Å²) in [7, 11) is 0. The Morgan fingerprint density at radius 2 is 1.68 bits per heavy atom. The van der Waals surface area contributed by atoms with Crippen molar-refractivity contribution in [3.63, 3.8) is 0 Å². The van der Waals surface area contributed by atoms with Gasteiger partial charge in [0.05, 0.1) is 0 Å². The zero-order valence-corrected chi connectivity index (χ0v) is 10.00. The second-order valence-corrected chi connectivity index (χ2v) is 3.98. The van der Waals surface area contributed by atoms with Crippen molar-refractivity contribution in [2.75, 3.05) is 6.54 Å². The number of ether oxygens (including phenoxy) is 1. The van der Waals surface area contributed by atoms with Gasteiger partial charge in [-0.1, -0.05) is 6.07 Å². The number of nitrogens with two attached hydrogens (primary N) is 1. The highest BCUT2D eigenvalue weighted by Crippen LogP contribution is 2.27. The highest BCUT2D eigenvalue weighted by atomic mass is 19.1. The van der Waals surface area contributed by atoms with Crippen LogP contribution in [0.2, 0.25) is 0 Å². The van der Waals surface area contributed by atoms with Crippen LogP contribution in [0.3, 0.4) is 0 Å². The summed E-state index contributed by atoms with van der Waals surface area (Å²) in [4.78, 5) is 0. The van der Waals surface area contributed by atoms with Crippen LogP contribution in [-0.4, -0.2) is 6.54 Å². The van der Waals surface area contributed by atoms with Crippen LogP contribution in [0.4, 0.5) is 13.2 Å². The minimum absolute atomic E-state index is 0.162. The molecule has 0 radical (unpaired) electrons. The lowest BCUT2D eigenvalue weighted by atomic mass is 10.1. The highest BCUT2D eigenvalue weighted by Gasteiger charge is 2.10. The number of hydrogen-bond donors (Lipinski definition) is 1. The lowest BCUT2D eigenvalue weighted by Gasteiger charge is -2.09. The van der Waals surface area contributed by atoms with Gasteiger partial charge >= 0.3 is 0 Å². The number of halogens is 3. The van der Waals surface area contributed by atoms with Gasteiger partial charge in [-0.3, -0.25) is 0 Å². The Morgan fingerprint density at radius 3 is 2.37 bits per heavy atom. The van der Waals surface area contributed by atoms with Crippen LogP contribution in [0, 0.1) is 17.5 Å². The zero-order chi connectivity index (χ0) is 13.8. The summed E-state index contributed by atoms with van der Waals surface area (Å²) in [5.41, 5.74) is 6.08. The van der Waals surface area contributed by atoms with E-state index in [-0.39, 0.29) is 11.5 Å².